The number of rotatable bonds is 13. The fraction of sp³-hybridized carbons (Fsp3) is 0.267. The number of amides is 3. The summed E-state index contributed by atoms with van der Waals surface area (Å²) in [6, 6.07) is 17.6. The second-order valence-corrected chi connectivity index (χ2v) is 9.53. The van der Waals surface area contributed by atoms with Crippen molar-refractivity contribution in [2.45, 2.75) is 33.6 Å². The van der Waals surface area contributed by atoms with Crippen LogP contribution in [0.4, 0.5) is 11.4 Å². The Morgan fingerprint density at radius 3 is 2.20 bits per heavy atom. The number of carbonyl (C=O) groups is 3. The number of hydrazone groups is 1. The molecule has 0 radical (unpaired) electrons. The minimum absolute atomic E-state index is 0.235. The molecule has 0 bridgehead atoms. The van der Waals surface area contributed by atoms with Crippen molar-refractivity contribution in [3.8, 4) is 17.2 Å². The van der Waals surface area contributed by atoms with Gasteiger partial charge in [-0.1, -0.05) is 26.0 Å². The zero-order valence-electron chi connectivity index (χ0n) is 23.2. The number of ether oxygens (including phenoxy) is 3. The Morgan fingerprint density at radius 1 is 0.854 bits per heavy atom. The summed E-state index contributed by atoms with van der Waals surface area (Å²) in [7, 11) is 0. The molecule has 0 heterocycles. The van der Waals surface area contributed by atoms with Crippen LogP contribution in [0.3, 0.4) is 0 Å². The summed E-state index contributed by atoms with van der Waals surface area (Å²) in [6.45, 7) is 6.59. The van der Waals surface area contributed by atoms with Crippen molar-refractivity contribution in [1.82, 2.24) is 5.43 Å². The first kappa shape index (κ1) is 31.2. The van der Waals surface area contributed by atoms with Gasteiger partial charge in [0.15, 0.2) is 18.1 Å². The number of nitrogens with one attached hydrogen (secondary N) is 3. The maximum absolute atomic E-state index is 12.4. The molecule has 0 saturated heterocycles. The van der Waals surface area contributed by atoms with Gasteiger partial charge in [-0.2, -0.15) is 5.10 Å². The molecule has 3 aromatic rings. The zero-order chi connectivity index (χ0) is 29.6. The Bertz CT molecular complexity index is 1360. The molecule has 3 rings (SSSR count). The normalized spacial score (nSPS) is 10.6. The average molecular weight is 626 g/mol. The molecular formula is C30H33BrN4O6. The predicted octanol–water partition coefficient (Wildman–Crippen LogP) is 5.31. The van der Waals surface area contributed by atoms with Crippen LogP contribution in [0.1, 0.15) is 38.3 Å². The molecule has 0 aliphatic heterocycles. The molecule has 0 aromatic heterocycles. The summed E-state index contributed by atoms with van der Waals surface area (Å²) in [5, 5.41) is 9.17. The van der Waals surface area contributed by atoms with Gasteiger partial charge in [-0.3, -0.25) is 14.4 Å². The standard InChI is InChI=1S/C30H33BrN4O6/c1-4-15-40-24-13-11-23(12-14-24)34-29(37)30(38)35-32-18-21-16-25(31)28(26(17-21)39-6-3)41-19-27(36)33-22-9-7-20(5-2)8-10-22/h7-14,16-18H,4-6,15,19H2,1-3H3,(H,33,36)(H,34,37)(H,35,38)/b32-18-. The summed E-state index contributed by atoms with van der Waals surface area (Å²) < 4.78 is 17.5. The van der Waals surface area contributed by atoms with Gasteiger partial charge in [-0.15, -0.1) is 0 Å². The summed E-state index contributed by atoms with van der Waals surface area (Å²) in [5.74, 6) is -0.741. The lowest BCUT2D eigenvalue weighted by Crippen LogP contribution is -2.32. The highest BCUT2D eigenvalue weighted by Crippen LogP contribution is 2.36. The molecule has 41 heavy (non-hydrogen) atoms. The highest BCUT2D eigenvalue weighted by Gasteiger charge is 2.15. The van der Waals surface area contributed by atoms with Gasteiger partial charge in [0.2, 0.25) is 0 Å². The summed E-state index contributed by atoms with van der Waals surface area (Å²) in [4.78, 5) is 36.8. The van der Waals surface area contributed by atoms with Crippen LogP contribution in [0, 0.1) is 0 Å². The number of nitrogens with zero attached hydrogens (tertiary/aromatic N) is 1. The number of benzene rings is 3. The van der Waals surface area contributed by atoms with Crippen molar-refractivity contribution < 1.29 is 28.6 Å². The predicted molar refractivity (Wildman–Crippen MR) is 162 cm³/mol. The van der Waals surface area contributed by atoms with E-state index in [4.69, 9.17) is 14.2 Å². The summed E-state index contributed by atoms with van der Waals surface area (Å²) >= 11 is 3.44. The van der Waals surface area contributed by atoms with E-state index in [-0.39, 0.29) is 12.5 Å². The van der Waals surface area contributed by atoms with E-state index in [2.05, 4.69) is 44.0 Å². The molecule has 3 N–H and O–H groups in total. The van der Waals surface area contributed by atoms with Crippen LogP contribution < -0.4 is 30.3 Å². The van der Waals surface area contributed by atoms with Crippen LogP contribution in [0.15, 0.2) is 70.2 Å². The van der Waals surface area contributed by atoms with Crippen molar-refractivity contribution in [3.05, 3.63) is 76.3 Å². The second kappa shape index (κ2) is 16.0. The van der Waals surface area contributed by atoms with Gasteiger partial charge in [0.25, 0.3) is 5.91 Å². The number of hydrogen-bond donors (Lipinski definition) is 3. The molecule has 0 saturated carbocycles. The Labute approximate surface area is 247 Å². The van der Waals surface area contributed by atoms with E-state index < -0.39 is 11.8 Å². The Morgan fingerprint density at radius 2 is 1.54 bits per heavy atom. The van der Waals surface area contributed by atoms with E-state index in [1.54, 1.807) is 36.4 Å². The van der Waals surface area contributed by atoms with Crippen LogP contribution in [0.5, 0.6) is 17.2 Å². The van der Waals surface area contributed by atoms with E-state index in [0.29, 0.717) is 51.9 Å². The maximum Gasteiger partial charge on any atom is 0.329 e. The van der Waals surface area contributed by atoms with E-state index in [9.17, 15) is 14.4 Å². The smallest absolute Gasteiger partial charge is 0.329 e. The molecular weight excluding hydrogens is 592 g/mol. The molecule has 3 aromatic carbocycles. The van der Waals surface area contributed by atoms with Crippen molar-refractivity contribution in [2.75, 3.05) is 30.5 Å². The molecule has 0 spiro atoms. The Kier molecular flexibility index (Phi) is 12.2. The van der Waals surface area contributed by atoms with Crippen LogP contribution in [-0.4, -0.2) is 43.8 Å². The number of anilines is 2. The van der Waals surface area contributed by atoms with E-state index >= 15 is 0 Å². The molecule has 0 atom stereocenters. The average Bonchev–Trinajstić information content (AvgIpc) is 2.97. The van der Waals surface area contributed by atoms with Gasteiger partial charge in [-0.05, 0) is 95.4 Å². The van der Waals surface area contributed by atoms with E-state index in [1.165, 1.54) is 11.8 Å². The maximum atomic E-state index is 12.4. The van der Waals surface area contributed by atoms with Gasteiger partial charge in [-0.25, -0.2) is 5.43 Å². The largest absolute Gasteiger partial charge is 0.494 e. The van der Waals surface area contributed by atoms with Crippen molar-refractivity contribution >= 4 is 51.2 Å². The quantitative estimate of drug-likeness (QED) is 0.134. The van der Waals surface area contributed by atoms with Gasteiger partial charge in [0.05, 0.1) is 23.9 Å². The summed E-state index contributed by atoms with van der Waals surface area (Å²) in [5.41, 5.74) is 5.05. The van der Waals surface area contributed by atoms with Crippen molar-refractivity contribution in [1.29, 1.82) is 0 Å². The first-order chi connectivity index (χ1) is 19.8. The van der Waals surface area contributed by atoms with Crippen LogP contribution in [-0.2, 0) is 20.8 Å². The van der Waals surface area contributed by atoms with Crippen molar-refractivity contribution in [3.63, 3.8) is 0 Å². The highest BCUT2D eigenvalue weighted by molar-refractivity contribution is 9.10. The molecule has 3 amide bonds. The van der Waals surface area contributed by atoms with Gasteiger partial charge >= 0.3 is 11.8 Å². The minimum atomic E-state index is -0.938. The lowest BCUT2D eigenvalue weighted by molar-refractivity contribution is -0.136. The van der Waals surface area contributed by atoms with Crippen LogP contribution >= 0.6 is 15.9 Å². The number of hydrogen-bond acceptors (Lipinski definition) is 7. The fourth-order valence-corrected chi connectivity index (χ4v) is 4.06. The van der Waals surface area contributed by atoms with Crippen LogP contribution in [0.25, 0.3) is 0 Å². The molecule has 11 heteroatoms. The summed E-state index contributed by atoms with van der Waals surface area (Å²) in [6.07, 6.45) is 3.15. The van der Waals surface area contributed by atoms with E-state index in [0.717, 1.165) is 12.8 Å². The zero-order valence-corrected chi connectivity index (χ0v) is 24.7. The topological polar surface area (TPSA) is 127 Å². The van der Waals surface area contributed by atoms with Crippen LogP contribution in [0.2, 0.25) is 0 Å². The SMILES string of the molecule is CCCOc1ccc(NC(=O)C(=O)N/N=C\c2cc(Br)c(OCC(=O)Nc3ccc(CC)cc3)c(OCC)c2)cc1. The number of halogens is 1. The third-order valence-corrected chi connectivity index (χ3v) is 6.09. The van der Waals surface area contributed by atoms with Crippen molar-refractivity contribution in [2.24, 2.45) is 5.10 Å². The first-order valence-electron chi connectivity index (χ1n) is 13.2. The Hall–Kier alpha value is -4.38. The molecule has 0 unspecified atom stereocenters. The number of carbonyl (C=O) groups excluding carboxylic acids is 3. The minimum Gasteiger partial charge on any atom is -0.494 e. The van der Waals surface area contributed by atoms with E-state index in [1.807, 2.05) is 38.1 Å². The monoisotopic (exact) mass is 624 g/mol. The number of aryl methyl sites for hydroxylation is 1. The highest BCUT2D eigenvalue weighted by atomic mass is 79.9. The third kappa shape index (κ3) is 9.95. The second-order valence-electron chi connectivity index (χ2n) is 8.68. The molecule has 0 aliphatic rings. The first-order valence-corrected chi connectivity index (χ1v) is 14.0. The lowest BCUT2D eigenvalue weighted by atomic mass is 10.1. The Balaban J connectivity index is 1.56. The third-order valence-electron chi connectivity index (χ3n) is 5.50. The molecule has 0 aliphatic carbocycles. The lowest BCUT2D eigenvalue weighted by Gasteiger charge is -2.14. The molecule has 216 valence electrons. The van der Waals surface area contributed by atoms with Gasteiger partial charge < -0.3 is 24.8 Å². The van der Waals surface area contributed by atoms with Gasteiger partial charge in [0.1, 0.15) is 5.75 Å². The molecule has 0 fully saturated rings. The molecule has 10 nitrogen and oxygen atoms in total. The fourth-order valence-electron chi connectivity index (χ4n) is 3.48. The van der Waals surface area contributed by atoms with Gasteiger partial charge in [0, 0.05) is 11.4 Å².